The molecule has 0 radical (unpaired) electrons. The first-order valence-corrected chi connectivity index (χ1v) is 10.5. The smallest absolute Gasteiger partial charge is 0.357 e. The predicted octanol–water partition coefficient (Wildman–Crippen LogP) is 2.15. The molecule has 0 aliphatic carbocycles. The molecule has 0 aromatic carbocycles. The van der Waals surface area contributed by atoms with E-state index < -0.39 is 5.97 Å². The van der Waals surface area contributed by atoms with Gasteiger partial charge in [-0.2, -0.15) is 5.10 Å². The van der Waals surface area contributed by atoms with Crippen LogP contribution in [0.1, 0.15) is 30.3 Å². The molecule has 1 aliphatic rings. The van der Waals surface area contributed by atoms with Gasteiger partial charge in [0.1, 0.15) is 12.1 Å². The number of aromatic nitrogens is 5. The Bertz CT molecular complexity index is 1020. The number of thiazole rings is 1. The molecule has 3 aromatic rings. The largest absolute Gasteiger partial charge is 0.461 e. The molecular formula is C19H21N7O3S. The highest BCUT2D eigenvalue weighted by Gasteiger charge is 2.27. The summed E-state index contributed by atoms with van der Waals surface area (Å²) in [6.07, 6.45) is 6.65. The van der Waals surface area contributed by atoms with Crippen LogP contribution in [0.25, 0.3) is 5.82 Å². The van der Waals surface area contributed by atoms with Crippen LogP contribution in [0.2, 0.25) is 0 Å². The molecule has 1 amide bonds. The van der Waals surface area contributed by atoms with E-state index in [1.807, 2.05) is 18.3 Å². The lowest BCUT2D eigenvalue weighted by Gasteiger charge is -2.32. The van der Waals surface area contributed by atoms with E-state index in [1.165, 1.54) is 17.7 Å². The van der Waals surface area contributed by atoms with Gasteiger partial charge in [-0.3, -0.25) is 4.79 Å². The minimum Gasteiger partial charge on any atom is -0.461 e. The zero-order valence-electron chi connectivity index (χ0n) is 16.4. The molecule has 1 N–H and O–H groups in total. The summed E-state index contributed by atoms with van der Waals surface area (Å²) >= 11 is 1.21. The lowest BCUT2D eigenvalue weighted by Crippen LogP contribution is -2.41. The number of esters is 1. The second kappa shape index (κ2) is 8.99. The van der Waals surface area contributed by atoms with Gasteiger partial charge in [0.05, 0.1) is 12.5 Å². The van der Waals surface area contributed by atoms with E-state index in [2.05, 4.69) is 30.3 Å². The van der Waals surface area contributed by atoms with Crippen LogP contribution in [0.15, 0.2) is 36.2 Å². The third-order valence-electron chi connectivity index (χ3n) is 4.71. The second-order valence-electron chi connectivity index (χ2n) is 6.72. The summed E-state index contributed by atoms with van der Waals surface area (Å²) < 4.78 is 6.60. The Morgan fingerprint density at radius 2 is 2.20 bits per heavy atom. The molecule has 3 aromatic heterocycles. The molecule has 4 rings (SSSR count). The van der Waals surface area contributed by atoms with Crippen molar-refractivity contribution in [3.05, 3.63) is 41.9 Å². The standard InChI is InChI=1S/C19H21N7O3S/c1-2-29-18(28)14-11-30-19(23-14)24-17(27)13-5-3-7-25(10-13)15-9-16(21-12-20-15)26-8-4-6-22-26/h4,6,8-9,11-13H,2-3,5,7,10H2,1H3,(H,23,24,27). The van der Waals surface area contributed by atoms with Crippen LogP contribution in [0, 0.1) is 5.92 Å². The van der Waals surface area contributed by atoms with Crippen molar-refractivity contribution in [2.24, 2.45) is 5.92 Å². The van der Waals surface area contributed by atoms with Gasteiger partial charge in [0.25, 0.3) is 0 Å². The Morgan fingerprint density at radius 3 is 3.00 bits per heavy atom. The van der Waals surface area contributed by atoms with Crippen LogP contribution in [0.3, 0.4) is 0 Å². The third kappa shape index (κ3) is 4.46. The summed E-state index contributed by atoms with van der Waals surface area (Å²) in [6.45, 7) is 3.36. The summed E-state index contributed by atoms with van der Waals surface area (Å²) in [5.74, 6) is 0.607. The number of amides is 1. The first-order valence-electron chi connectivity index (χ1n) is 9.64. The Balaban J connectivity index is 1.41. The zero-order valence-corrected chi connectivity index (χ0v) is 17.2. The molecule has 1 atom stereocenters. The highest BCUT2D eigenvalue weighted by atomic mass is 32.1. The van der Waals surface area contributed by atoms with E-state index in [0.29, 0.717) is 17.5 Å². The van der Waals surface area contributed by atoms with Crippen molar-refractivity contribution in [1.29, 1.82) is 0 Å². The molecule has 30 heavy (non-hydrogen) atoms. The van der Waals surface area contributed by atoms with E-state index in [1.54, 1.807) is 23.2 Å². The average Bonchev–Trinajstić information content (AvgIpc) is 3.47. The molecule has 0 spiro atoms. The number of anilines is 2. The minimum absolute atomic E-state index is 0.120. The van der Waals surface area contributed by atoms with Crippen LogP contribution < -0.4 is 10.2 Å². The van der Waals surface area contributed by atoms with Gasteiger partial charge < -0.3 is 15.0 Å². The molecule has 1 fully saturated rings. The molecule has 10 nitrogen and oxygen atoms in total. The normalized spacial score (nSPS) is 16.3. The van der Waals surface area contributed by atoms with E-state index in [0.717, 1.165) is 25.2 Å². The van der Waals surface area contributed by atoms with E-state index in [9.17, 15) is 9.59 Å². The number of carbonyl (C=O) groups is 2. The molecule has 1 aliphatic heterocycles. The van der Waals surface area contributed by atoms with Crippen LogP contribution >= 0.6 is 11.3 Å². The number of hydrogen-bond donors (Lipinski definition) is 1. The monoisotopic (exact) mass is 427 g/mol. The molecule has 11 heteroatoms. The fourth-order valence-corrected chi connectivity index (χ4v) is 3.96. The van der Waals surface area contributed by atoms with Crippen molar-refractivity contribution in [3.63, 3.8) is 0 Å². The molecule has 0 bridgehead atoms. The number of carbonyl (C=O) groups excluding carboxylic acids is 2. The van der Waals surface area contributed by atoms with E-state index in [-0.39, 0.29) is 24.1 Å². The number of ether oxygens (including phenoxy) is 1. The maximum atomic E-state index is 12.8. The molecule has 156 valence electrons. The number of nitrogens with zero attached hydrogens (tertiary/aromatic N) is 6. The van der Waals surface area contributed by atoms with Gasteiger partial charge >= 0.3 is 5.97 Å². The first kappa shape index (κ1) is 20.0. The summed E-state index contributed by atoms with van der Waals surface area (Å²) in [4.78, 5) is 39.4. The van der Waals surface area contributed by atoms with Gasteiger partial charge in [-0.25, -0.2) is 24.4 Å². The Morgan fingerprint density at radius 1 is 1.33 bits per heavy atom. The number of rotatable bonds is 6. The van der Waals surface area contributed by atoms with Gasteiger partial charge in [-0.05, 0) is 25.8 Å². The highest BCUT2D eigenvalue weighted by Crippen LogP contribution is 2.24. The SMILES string of the molecule is CCOC(=O)c1csc(NC(=O)C2CCCN(c3cc(-n4cccn4)ncn3)C2)n1. The quantitative estimate of drug-likeness (QED) is 0.595. The van der Waals surface area contributed by atoms with Crippen molar-refractivity contribution in [2.75, 3.05) is 29.9 Å². The fraction of sp³-hybridized carbons (Fsp3) is 0.368. The predicted molar refractivity (Wildman–Crippen MR) is 111 cm³/mol. The van der Waals surface area contributed by atoms with Crippen molar-refractivity contribution >= 4 is 34.2 Å². The van der Waals surface area contributed by atoms with Crippen molar-refractivity contribution in [2.45, 2.75) is 19.8 Å². The van der Waals surface area contributed by atoms with Crippen molar-refractivity contribution in [3.8, 4) is 5.82 Å². The van der Waals surface area contributed by atoms with Gasteiger partial charge in [-0.15, -0.1) is 11.3 Å². The van der Waals surface area contributed by atoms with Crippen LogP contribution in [0.4, 0.5) is 10.9 Å². The van der Waals surface area contributed by atoms with Gasteiger partial charge in [0.2, 0.25) is 5.91 Å². The minimum atomic E-state index is -0.491. The van der Waals surface area contributed by atoms with Gasteiger partial charge in [-0.1, -0.05) is 0 Å². The maximum absolute atomic E-state index is 12.8. The Kier molecular flexibility index (Phi) is 5.98. The number of piperidine rings is 1. The van der Waals surface area contributed by atoms with Crippen molar-refractivity contribution < 1.29 is 14.3 Å². The molecule has 0 saturated carbocycles. The second-order valence-corrected chi connectivity index (χ2v) is 7.58. The molecule has 1 unspecified atom stereocenters. The summed E-state index contributed by atoms with van der Waals surface area (Å²) in [6, 6.07) is 3.69. The van der Waals surface area contributed by atoms with E-state index >= 15 is 0 Å². The average molecular weight is 427 g/mol. The number of hydrogen-bond acceptors (Lipinski definition) is 9. The lowest BCUT2D eigenvalue weighted by molar-refractivity contribution is -0.120. The molecule has 4 heterocycles. The fourth-order valence-electron chi connectivity index (χ4n) is 3.28. The number of nitrogens with one attached hydrogen (secondary N) is 1. The van der Waals surface area contributed by atoms with Crippen LogP contribution in [-0.2, 0) is 9.53 Å². The van der Waals surface area contributed by atoms with Crippen molar-refractivity contribution in [1.82, 2.24) is 24.7 Å². The highest BCUT2D eigenvalue weighted by molar-refractivity contribution is 7.14. The topological polar surface area (TPSA) is 115 Å². The summed E-state index contributed by atoms with van der Waals surface area (Å²) in [5.41, 5.74) is 0.203. The summed E-state index contributed by atoms with van der Waals surface area (Å²) in [5, 5.41) is 8.99. The van der Waals surface area contributed by atoms with Crippen LogP contribution in [-0.4, -0.2) is 56.3 Å². The Hall–Kier alpha value is -3.34. The van der Waals surface area contributed by atoms with Gasteiger partial charge in [0, 0.05) is 36.9 Å². The summed E-state index contributed by atoms with van der Waals surface area (Å²) in [7, 11) is 0. The zero-order chi connectivity index (χ0) is 20.9. The Labute approximate surface area is 176 Å². The maximum Gasteiger partial charge on any atom is 0.357 e. The van der Waals surface area contributed by atoms with E-state index in [4.69, 9.17) is 4.74 Å². The molecular weight excluding hydrogens is 406 g/mol. The van der Waals surface area contributed by atoms with Gasteiger partial charge in [0.15, 0.2) is 16.6 Å². The third-order valence-corrected chi connectivity index (χ3v) is 5.47. The van der Waals surface area contributed by atoms with Crippen LogP contribution in [0.5, 0.6) is 0 Å². The lowest BCUT2D eigenvalue weighted by atomic mass is 9.97. The molecule has 1 saturated heterocycles. The first-order chi connectivity index (χ1) is 14.6.